The number of nitrogens with one attached hydrogen (secondary N) is 1. The Balaban J connectivity index is 1.07. The number of fused-ring (bicyclic) bond motifs is 1. The van der Waals surface area contributed by atoms with Crippen molar-refractivity contribution in [3.63, 3.8) is 0 Å². The minimum Gasteiger partial charge on any atom is -0.494 e. The van der Waals surface area contributed by atoms with Crippen LogP contribution in [-0.2, 0) is 24.2 Å². The van der Waals surface area contributed by atoms with Gasteiger partial charge in [0, 0.05) is 54.1 Å². The third-order valence-corrected chi connectivity index (χ3v) is 6.80. The molecule has 7 heteroatoms. The maximum Gasteiger partial charge on any atom is 0.337 e. The summed E-state index contributed by atoms with van der Waals surface area (Å²) in [6.45, 7) is 2.01. The molecule has 204 valence electrons. The highest BCUT2D eigenvalue weighted by atomic mass is 16.5. The summed E-state index contributed by atoms with van der Waals surface area (Å²) in [5, 5.41) is 14.5. The molecule has 0 aliphatic carbocycles. The second kappa shape index (κ2) is 13.1. The van der Waals surface area contributed by atoms with E-state index in [1.54, 1.807) is 6.07 Å². The fraction of sp³-hybridized carbons (Fsp3) is 0.212. The van der Waals surface area contributed by atoms with E-state index in [1.807, 2.05) is 97.3 Å². The van der Waals surface area contributed by atoms with Crippen LogP contribution in [0.15, 0.2) is 103 Å². The molecule has 0 spiro atoms. The molecule has 40 heavy (non-hydrogen) atoms. The van der Waals surface area contributed by atoms with Gasteiger partial charge in [-0.2, -0.15) is 0 Å². The Morgan fingerprint density at radius 1 is 0.975 bits per heavy atom. The molecule has 1 atom stereocenters. The molecule has 0 amide bonds. The van der Waals surface area contributed by atoms with Crippen molar-refractivity contribution in [3.8, 4) is 16.9 Å². The van der Waals surface area contributed by atoms with Crippen molar-refractivity contribution in [1.29, 1.82) is 0 Å². The van der Waals surface area contributed by atoms with Crippen LogP contribution in [0.25, 0.3) is 22.0 Å². The Morgan fingerprint density at radius 2 is 1.77 bits per heavy atom. The highest BCUT2D eigenvalue weighted by Crippen LogP contribution is 2.23. The van der Waals surface area contributed by atoms with Gasteiger partial charge in [0.15, 0.2) is 0 Å². The number of rotatable bonds is 12. The van der Waals surface area contributed by atoms with Gasteiger partial charge in [-0.1, -0.05) is 48.5 Å². The van der Waals surface area contributed by atoms with E-state index in [0.29, 0.717) is 25.1 Å². The lowest BCUT2D eigenvalue weighted by Gasteiger charge is -2.13. The highest BCUT2D eigenvalue weighted by Gasteiger charge is 2.09. The first-order valence-corrected chi connectivity index (χ1v) is 13.4. The van der Waals surface area contributed by atoms with Crippen LogP contribution < -0.4 is 10.1 Å². The zero-order valence-corrected chi connectivity index (χ0v) is 22.5. The summed E-state index contributed by atoms with van der Waals surface area (Å²) >= 11 is 0. The first-order valence-electron chi connectivity index (χ1n) is 13.4. The van der Waals surface area contributed by atoms with Crippen LogP contribution in [0.2, 0.25) is 0 Å². The van der Waals surface area contributed by atoms with E-state index in [2.05, 4.69) is 14.9 Å². The van der Waals surface area contributed by atoms with Crippen LogP contribution in [0.3, 0.4) is 0 Å². The van der Waals surface area contributed by atoms with E-state index in [0.717, 1.165) is 52.0 Å². The SMILES string of the molecule is COC(=O)c1ccc2c(ccn2CCCOc2ccc(-c3ccc(CC(O)NCc4ccccc4)nc3)cc2)c1. The van der Waals surface area contributed by atoms with Gasteiger partial charge in [0.05, 0.1) is 19.3 Å². The van der Waals surface area contributed by atoms with E-state index in [1.165, 1.54) is 7.11 Å². The fourth-order valence-electron chi connectivity index (χ4n) is 4.63. The van der Waals surface area contributed by atoms with Crippen LogP contribution >= 0.6 is 0 Å². The van der Waals surface area contributed by atoms with Crippen molar-refractivity contribution < 1.29 is 19.4 Å². The number of ether oxygens (including phenoxy) is 2. The van der Waals surface area contributed by atoms with Crippen molar-refractivity contribution >= 4 is 16.9 Å². The van der Waals surface area contributed by atoms with Gasteiger partial charge in [-0.25, -0.2) is 4.79 Å². The number of aliphatic hydroxyl groups excluding tert-OH is 1. The van der Waals surface area contributed by atoms with Crippen LogP contribution in [-0.4, -0.2) is 40.6 Å². The Bertz CT molecular complexity index is 1530. The number of pyridine rings is 1. The summed E-state index contributed by atoms with van der Waals surface area (Å²) in [5.41, 5.74) is 5.65. The fourth-order valence-corrected chi connectivity index (χ4v) is 4.63. The van der Waals surface area contributed by atoms with Crippen LogP contribution in [0.5, 0.6) is 5.75 Å². The monoisotopic (exact) mass is 535 g/mol. The van der Waals surface area contributed by atoms with Crippen molar-refractivity contribution in [1.82, 2.24) is 14.9 Å². The molecule has 2 aromatic heterocycles. The summed E-state index contributed by atoms with van der Waals surface area (Å²) in [5.74, 6) is 0.492. The summed E-state index contributed by atoms with van der Waals surface area (Å²) in [6, 6.07) is 29.6. The Labute approximate surface area is 234 Å². The van der Waals surface area contributed by atoms with Crippen LogP contribution in [0.1, 0.15) is 28.0 Å². The topological polar surface area (TPSA) is 85.6 Å². The van der Waals surface area contributed by atoms with E-state index in [9.17, 15) is 9.90 Å². The Kier molecular flexibility index (Phi) is 8.86. The number of aryl methyl sites for hydroxylation is 1. The predicted octanol–water partition coefficient (Wildman–Crippen LogP) is 5.61. The summed E-state index contributed by atoms with van der Waals surface area (Å²) in [7, 11) is 1.39. The van der Waals surface area contributed by atoms with Crippen LogP contribution in [0.4, 0.5) is 0 Å². The zero-order valence-electron chi connectivity index (χ0n) is 22.5. The number of esters is 1. The minimum atomic E-state index is -0.661. The van der Waals surface area contributed by atoms with Gasteiger partial charge in [0.25, 0.3) is 0 Å². The van der Waals surface area contributed by atoms with Gasteiger partial charge in [-0.15, -0.1) is 0 Å². The molecular weight excluding hydrogens is 502 g/mol. The number of hydrogen-bond donors (Lipinski definition) is 2. The second-order valence-corrected chi connectivity index (χ2v) is 9.63. The maximum atomic E-state index is 11.8. The molecule has 0 aliphatic rings. The second-order valence-electron chi connectivity index (χ2n) is 9.63. The third-order valence-electron chi connectivity index (χ3n) is 6.80. The quantitative estimate of drug-likeness (QED) is 0.123. The first-order chi connectivity index (χ1) is 19.6. The molecule has 0 bridgehead atoms. The Hall–Kier alpha value is -4.46. The first kappa shape index (κ1) is 27.1. The average molecular weight is 536 g/mol. The number of hydrogen-bond acceptors (Lipinski definition) is 6. The molecule has 0 saturated heterocycles. The van der Waals surface area contributed by atoms with Gasteiger partial charge in [0.1, 0.15) is 12.0 Å². The molecule has 0 saturated carbocycles. The minimum absolute atomic E-state index is 0.329. The summed E-state index contributed by atoms with van der Waals surface area (Å²) in [4.78, 5) is 16.3. The summed E-state index contributed by atoms with van der Waals surface area (Å²) in [6.07, 6.45) is 4.49. The van der Waals surface area contributed by atoms with E-state index in [4.69, 9.17) is 9.47 Å². The molecule has 5 rings (SSSR count). The molecule has 5 aromatic rings. The number of carbonyl (C=O) groups excluding carboxylic acids is 1. The lowest BCUT2D eigenvalue weighted by molar-refractivity contribution is 0.0601. The summed E-state index contributed by atoms with van der Waals surface area (Å²) < 4.78 is 12.9. The molecule has 0 aliphatic heterocycles. The lowest BCUT2D eigenvalue weighted by atomic mass is 10.1. The predicted molar refractivity (Wildman–Crippen MR) is 156 cm³/mol. The molecule has 1 unspecified atom stereocenters. The van der Waals surface area contributed by atoms with Gasteiger partial charge in [-0.3, -0.25) is 10.3 Å². The molecular formula is C33H33N3O4. The molecule has 2 heterocycles. The van der Waals surface area contributed by atoms with Gasteiger partial charge >= 0.3 is 5.97 Å². The number of carbonyl (C=O) groups is 1. The average Bonchev–Trinajstić information content (AvgIpc) is 3.41. The van der Waals surface area contributed by atoms with Crippen LogP contribution in [0, 0.1) is 0 Å². The third kappa shape index (κ3) is 6.94. The zero-order chi connectivity index (χ0) is 27.7. The smallest absolute Gasteiger partial charge is 0.337 e. The standard InChI is InChI=1S/C33H33N3O4/c1-39-33(38)27-11-15-31-26(20-27)16-18-36(31)17-5-19-40-30-13-9-25(10-14-30)28-8-12-29(34-23-28)21-32(37)35-22-24-6-3-2-4-7-24/h2-4,6-16,18,20,23,32,35,37H,5,17,19,21-22H2,1H3. The van der Waals surface area contributed by atoms with E-state index >= 15 is 0 Å². The van der Waals surface area contributed by atoms with Gasteiger partial charge < -0.3 is 19.1 Å². The molecule has 2 N–H and O–H groups in total. The van der Waals surface area contributed by atoms with Crippen molar-refractivity contribution in [2.24, 2.45) is 0 Å². The van der Waals surface area contributed by atoms with Gasteiger partial charge in [0.2, 0.25) is 0 Å². The number of methoxy groups -OCH3 is 1. The molecule has 7 nitrogen and oxygen atoms in total. The van der Waals surface area contributed by atoms with Gasteiger partial charge in [-0.05, 0) is 60.0 Å². The van der Waals surface area contributed by atoms with Crippen molar-refractivity contribution in [3.05, 3.63) is 120 Å². The normalized spacial score (nSPS) is 11.8. The van der Waals surface area contributed by atoms with E-state index < -0.39 is 6.23 Å². The molecule has 3 aromatic carbocycles. The Morgan fingerprint density at radius 3 is 2.52 bits per heavy atom. The van der Waals surface area contributed by atoms with Crippen molar-refractivity contribution in [2.45, 2.75) is 32.2 Å². The number of nitrogens with zero attached hydrogens (tertiary/aromatic N) is 2. The highest BCUT2D eigenvalue weighted by molar-refractivity contribution is 5.94. The van der Waals surface area contributed by atoms with Crippen molar-refractivity contribution in [2.75, 3.05) is 13.7 Å². The number of aromatic nitrogens is 2. The number of aliphatic hydroxyl groups is 1. The molecule has 0 fully saturated rings. The maximum absolute atomic E-state index is 11.8. The van der Waals surface area contributed by atoms with E-state index in [-0.39, 0.29) is 5.97 Å². The molecule has 0 radical (unpaired) electrons. The lowest BCUT2D eigenvalue weighted by Crippen LogP contribution is -2.30. The number of benzene rings is 3. The largest absolute Gasteiger partial charge is 0.494 e.